The lowest BCUT2D eigenvalue weighted by Crippen LogP contribution is -2.36. The lowest BCUT2D eigenvalue weighted by molar-refractivity contribution is 0.0595. The fourth-order valence-electron chi connectivity index (χ4n) is 4.15. The summed E-state index contributed by atoms with van der Waals surface area (Å²) < 4.78 is 27.5. The molecule has 1 aliphatic rings. The van der Waals surface area contributed by atoms with E-state index in [1.54, 1.807) is 37.9 Å². The van der Waals surface area contributed by atoms with Crippen LogP contribution in [0.2, 0.25) is 5.02 Å². The third-order valence-electron chi connectivity index (χ3n) is 6.07. The monoisotopic (exact) mass is 526 g/mol. The molecule has 0 saturated carbocycles. The van der Waals surface area contributed by atoms with Gasteiger partial charge in [-0.3, -0.25) is 4.98 Å². The van der Waals surface area contributed by atoms with Crippen molar-refractivity contribution in [3.05, 3.63) is 47.4 Å². The molecule has 0 atom stereocenters. The Bertz CT molecular complexity index is 1490. The van der Waals surface area contributed by atoms with Gasteiger partial charge < -0.3 is 29.6 Å². The summed E-state index contributed by atoms with van der Waals surface area (Å²) in [5.74, 6) is -1.11. The lowest BCUT2D eigenvalue weighted by atomic mass is 10.1. The third kappa shape index (κ3) is 4.49. The fourth-order valence-corrected chi connectivity index (χ4v) is 4.44. The van der Waals surface area contributed by atoms with Gasteiger partial charge in [-0.1, -0.05) is 11.6 Å². The van der Waals surface area contributed by atoms with Gasteiger partial charge in [-0.25, -0.2) is 24.1 Å². The number of aromatic nitrogens is 5. The molecule has 4 heterocycles. The molecular formula is C24H24ClFN8O3. The standard InChI is InChI=1S/C24H24ClFN8O3/c1-27-22-20(13-10-28-11-16-19(13)29-12-33(16)2)31-21(24(35)36-3)23(32-22)30-14-4-5-15(17(25)18(14)26)34-6-8-37-9-7-34/h4-5,10-12H,6-9H2,1-3H3,(H2,27,30,32). The van der Waals surface area contributed by atoms with Gasteiger partial charge in [0.25, 0.3) is 0 Å². The summed E-state index contributed by atoms with van der Waals surface area (Å²) in [5.41, 5.74) is 2.77. The molecule has 0 radical (unpaired) electrons. The molecule has 11 nitrogen and oxygen atoms in total. The van der Waals surface area contributed by atoms with Gasteiger partial charge in [-0.2, -0.15) is 0 Å². The largest absolute Gasteiger partial charge is 0.464 e. The highest BCUT2D eigenvalue weighted by atomic mass is 35.5. The zero-order valence-electron chi connectivity index (χ0n) is 20.4. The number of hydrogen-bond acceptors (Lipinski definition) is 10. The van der Waals surface area contributed by atoms with Crippen LogP contribution in [-0.2, 0) is 16.5 Å². The van der Waals surface area contributed by atoms with Gasteiger partial charge in [0.2, 0.25) is 0 Å². The highest BCUT2D eigenvalue weighted by Gasteiger charge is 2.25. The van der Waals surface area contributed by atoms with Crippen LogP contribution in [0.3, 0.4) is 0 Å². The van der Waals surface area contributed by atoms with E-state index in [0.29, 0.717) is 54.6 Å². The van der Waals surface area contributed by atoms with Gasteiger partial charge in [0.1, 0.15) is 16.2 Å². The molecule has 192 valence electrons. The molecule has 4 aromatic rings. The number of nitrogens with zero attached hydrogens (tertiary/aromatic N) is 6. The molecule has 1 aromatic carbocycles. The van der Waals surface area contributed by atoms with E-state index in [2.05, 4.69) is 30.6 Å². The Morgan fingerprint density at radius 1 is 1.19 bits per heavy atom. The van der Waals surface area contributed by atoms with Gasteiger partial charge in [0, 0.05) is 33.4 Å². The number of hydrogen-bond donors (Lipinski definition) is 2. The van der Waals surface area contributed by atoms with Crippen LogP contribution in [0, 0.1) is 5.82 Å². The Labute approximate surface area is 216 Å². The summed E-state index contributed by atoms with van der Waals surface area (Å²) in [4.78, 5) is 32.5. The van der Waals surface area contributed by atoms with E-state index >= 15 is 4.39 Å². The predicted molar refractivity (Wildman–Crippen MR) is 138 cm³/mol. The topological polar surface area (TPSA) is 119 Å². The molecule has 0 spiro atoms. The van der Waals surface area contributed by atoms with Crippen molar-refractivity contribution in [2.45, 2.75) is 0 Å². The third-order valence-corrected chi connectivity index (χ3v) is 6.43. The minimum atomic E-state index is -0.753. The maximum Gasteiger partial charge on any atom is 0.360 e. The van der Waals surface area contributed by atoms with E-state index in [-0.39, 0.29) is 22.2 Å². The van der Waals surface area contributed by atoms with Gasteiger partial charge in [0.15, 0.2) is 23.1 Å². The number of imidazole rings is 1. The van der Waals surface area contributed by atoms with E-state index in [9.17, 15) is 4.79 Å². The second-order valence-electron chi connectivity index (χ2n) is 8.25. The number of carbonyl (C=O) groups is 1. The molecule has 0 bridgehead atoms. The van der Waals surface area contributed by atoms with Crippen molar-refractivity contribution in [3.8, 4) is 11.3 Å². The normalized spacial score (nSPS) is 13.6. The molecule has 2 N–H and O–H groups in total. The minimum absolute atomic E-state index is 0.00445. The van der Waals surface area contributed by atoms with Crippen LogP contribution in [-0.4, -0.2) is 70.9 Å². The van der Waals surface area contributed by atoms with E-state index in [1.807, 2.05) is 16.5 Å². The van der Waals surface area contributed by atoms with Crippen LogP contribution in [0.5, 0.6) is 0 Å². The Morgan fingerprint density at radius 3 is 2.70 bits per heavy atom. The molecule has 5 rings (SSSR count). The number of aryl methyl sites for hydroxylation is 1. The molecule has 13 heteroatoms. The van der Waals surface area contributed by atoms with Crippen molar-refractivity contribution in [2.24, 2.45) is 7.05 Å². The van der Waals surface area contributed by atoms with Crippen LogP contribution in [0.15, 0.2) is 30.9 Å². The quantitative estimate of drug-likeness (QED) is 0.360. The molecular weight excluding hydrogens is 503 g/mol. The smallest absolute Gasteiger partial charge is 0.360 e. The number of esters is 1. The number of fused-ring (bicyclic) bond motifs is 1. The first-order chi connectivity index (χ1) is 17.9. The SMILES string of the molecule is CNc1nc(Nc2ccc(N3CCOCC3)c(Cl)c2F)c(C(=O)OC)nc1-c1cncc2c1ncn2C. The van der Waals surface area contributed by atoms with E-state index in [0.717, 1.165) is 5.52 Å². The van der Waals surface area contributed by atoms with Crippen LogP contribution >= 0.6 is 11.6 Å². The molecule has 37 heavy (non-hydrogen) atoms. The summed E-state index contributed by atoms with van der Waals surface area (Å²) in [7, 11) is 4.74. The van der Waals surface area contributed by atoms with Crippen LogP contribution in [0.25, 0.3) is 22.3 Å². The van der Waals surface area contributed by atoms with Crippen molar-refractivity contribution in [1.29, 1.82) is 0 Å². The summed E-state index contributed by atoms with van der Waals surface area (Å²) in [5, 5.41) is 5.81. The van der Waals surface area contributed by atoms with E-state index in [1.165, 1.54) is 7.11 Å². The molecule has 1 saturated heterocycles. The Hall–Kier alpha value is -4.03. The molecule has 1 aliphatic heterocycles. The van der Waals surface area contributed by atoms with Crippen LogP contribution in [0.4, 0.5) is 27.4 Å². The minimum Gasteiger partial charge on any atom is -0.464 e. The Balaban J connectivity index is 1.59. The summed E-state index contributed by atoms with van der Waals surface area (Å²) >= 11 is 6.40. The molecule has 0 aliphatic carbocycles. The molecule has 0 unspecified atom stereocenters. The first kappa shape index (κ1) is 24.7. The first-order valence-corrected chi connectivity index (χ1v) is 11.8. The Morgan fingerprint density at radius 2 is 1.97 bits per heavy atom. The highest BCUT2D eigenvalue weighted by Crippen LogP contribution is 2.36. The highest BCUT2D eigenvalue weighted by molar-refractivity contribution is 6.33. The fraction of sp³-hybridized carbons (Fsp3) is 0.292. The van der Waals surface area contributed by atoms with Crippen molar-refractivity contribution in [2.75, 3.05) is 56.0 Å². The maximum absolute atomic E-state index is 15.4. The second-order valence-corrected chi connectivity index (χ2v) is 8.63. The number of nitrogens with one attached hydrogen (secondary N) is 2. The number of pyridine rings is 1. The second kappa shape index (κ2) is 10.1. The Kier molecular flexibility index (Phi) is 6.76. The van der Waals surface area contributed by atoms with Crippen molar-refractivity contribution >= 4 is 51.6 Å². The maximum atomic E-state index is 15.4. The zero-order valence-corrected chi connectivity index (χ0v) is 21.1. The van der Waals surface area contributed by atoms with Gasteiger partial charge in [-0.05, 0) is 12.1 Å². The average Bonchev–Trinajstić information content (AvgIpc) is 3.32. The molecule has 3 aromatic heterocycles. The van der Waals surface area contributed by atoms with E-state index < -0.39 is 11.8 Å². The number of rotatable bonds is 6. The van der Waals surface area contributed by atoms with Crippen LogP contribution < -0.4 is 15.5 Å². The number of methoxy groups -OCH3 is 1. The predicted octanol–water partition coefficient (Wildman–Crippen LogP) is 3.63. The van der Waals surface area contributed by atoms with Gasteiger partial charge in [-0.15, -0.1) is 0 Å². The van der Waals surface area contributed by atoms with Crippen molar-refractivity contribution in [3.63, 3.8) is 0 Å². The molecule has 1 fully saturated rings. The first-order valence-electron chi connectivity index (χ1n) is 11.4. The molecule has 0 amide bonds. The van der Waals surface area contributed by atoms with Gasteiger partial charge in [0.05, 0.1) is 55.3 Å². The van der Waals surface area contributed by atoms with E-state index in [4.69, 9.17) is 21.1 Å². The average molecular weight is 527 g/mol. The summed E-state index contributed by atoms with van der Waals surface area (Å²) in [6, 6.07) is 3.26. The number of carbonyl (C=O) groups excluding carboxylic acids is 1. The summed E-state index contributed by atoms with van der Waals surface area (Å²) in [6.07, 6.45) is 4.94. The van der Waals surface area contributed by atoms with Crippen molar-refractivity contribution in [1.82, 2.24) is 24.5 Å². The van der Waals surface area contributed by atoms with Gasteiger partial charge >= 0.3 is 5.97 Å². The van der Waals surface area contributed by atoms with Crippen molar-refractivity contribution < 1.29 is 18.7 Å². The number of morpholine rings is 1. The lowest BCUT2D eigenvalue weighted by Gasteiger charge is -2.30. The van der Waals surface area contributed by atoms with Crippen LogP contribution in [0.1, 0.15) is 10.5 Å². The number of anilines is 4. The number of halogens is 2. The number of benzene rings is 1. The number of ether oxygens (including phenoxy) is 2. The summed E-state index contributed by atoms with van der Waals surface area (Å²) in [6.45, 7) is 2.29. The zero-order chi connectivity index (χ0) is 26.1.